The minimum absolute atomic E-state index is 0.0216. The number of nitrogens with one attached hydrogen (secondary N) is 4. The molecule has 7 rings (SSSR count). The Morgan fingerprint density at radius 1 is 0.672 bits per heavy atom. The van der Waals surface area contributed by atoms with Crippen LogP contribution >= 0.6 is 0 Å². The summed E-state index contributed by atoms with van der Waals surface area (Å²) in [5.74, 6) is -0.367. The number of imidazole rings is 1. The van der Waals surface area contributed by atoms with Gasteiger partial charge >= 0.3 is 12.2 Å². The van der Waals surface area contributed by atoms with Crippen LogP contribution in [0.4, 0.5) is 15.3 Å². The molecular formula is C52H64N8O7. The topological polar surface area (TPSA) is 180 Å². The van der Waals surface area contributed by atoms with E-state index in [-0.39, 0.29) is 41.0 Å². The lowest BCUT2D eigenvalue weighted by atomic mass is 9.87. The van der Waals surface area contributed by atoms with Gasteiger partial charge in [-0.15, -0.1) is 0 Å². The number of hydrogen-bond donors (Lipinski definition) is 4. The lowest BCUT2D eigenvalue weighted by Crippen LogP contribution is -2.54. The quantitative estimate of drug-likeness (QED) is 0.0905. The maximum atomic E-state index is 13.7. The Bertz CT molecular complexity index is 2560. The average Bonchev–Trinajstić information content (AvgIpc) is 4.16. The molecule has 15 heteroatoms. The summed E-state index contributed by atoms with van der Waals surface area (Å²) < 4.78 is 11.8. The minimum Gasteiger partial charge on any atom is -0.453 e. The van der Waals surface area contributed by atoms with Gasteiger partial charge in [-0.2, -0.15) is 0 Å². The third kappa shape index (κ3) is 10.6. The second kappa shape index (κ2) is 20.3. The largest absolute Gasteiger partial charge is 0.453 e. The van der Waals surface area contributed by atoms with Crippen molar-refractivity contribution in [3.05, 3.63) is 103 Å². The molecule has 5 amide bonds. The van der Waals surface area contributed by atoms with E-state index < -0.39 is 30.3 Å². The minimum atomic E-state index is -0.815. The van der Waals surface area contributed by atoms with E-state index in [0.717, 1.165) is 52.3 Å². The summed E-state index contributed by atoms with van der Waals surface area (Å²) in [6, 6.07) is 26.4. The highest BCUT2D eigenvalue weighted by Crippen LogP contribution is 2.37. The highest BCUT2D eigenvalue weighted by molar-refractivity contribution is 5.99. The van der Waals surface area contributed by atoms with E-state index in [2.05, 4.69) is 107 Å². The standard InChI is InChI=1S/C52H64N8O7/c1-31(2)44(56-50(64)66-8)48(62)58-28-10-12-42(58)46-53-30-39(55-46)33-14-16-34(17-15-33)40-26-27-41(60(40)38-24-20-36(21-25-38)52(5,6)7)35-18-22-37(23-19-35)54-47(61)43-13-11-29-59(43)49(63)45(32(3)4)57-51(65)67-9/h14-27,30-32,42-45H,10-13,28-29H2,1-9H3,(H,53,55)(H,54,61)(H,56,64)(H,57,65)/t42-,43-,44?,45-/m0/s1. The zero-order valence-corrected chi connectivity index (χ0v) is 40.0. The van der Waals surface area contributed by atoms with Gasteiger partial charge in [-0.25, -0.2) is 14.6 Å². The summed E-state index contributed by atoms with van der Waals surface area (Å²) in [5, 5.41) is 8.37. The normalized spacial score (nSPS) is 17.1. The number of carbonyl (C=O) groups is 5. The van der Waals surface area contributed by atoms with Gasteiger partial charge in [-0.3, -0.25) is 14.4 Å². The summed E-state index contributed by atoms with van der Waals surface area (Å²) in [5.41, 5.74) is 8.46. The maximum Gasteiger partial charge on any atom is 0.407 e. The molecule has 2 fully saturated rings. The average molecular weight is 913 g/mol. The van der Waals surface area contributed by atoms with E-state index in [1.165, 1.54) is 19.8 Å². The molecule has 354 valence electrons. The number of likely N-dealkylation sites (tertiary alicyclic amines) is 2. The van der Waals surface area contributed by atoms with Crippen molar-refractivity contribution in [1.29, 1.82) is 0 Å². The number of benzene rings is 3. The first-order valence-corrected chi connectivity index (χ1v) is 23.2. The lowest BCUT2D eigenvalue weighted by Gasteiger charge is -2.30. The number of amides is 5. The van der Waals surface area contributed by atoms with Crippen LogP contribution in [0.2, 0.25) is 0 Å². The van der Waals surface area contributed by atoms with Crippen molar-refractivity contribution in [3.63, 3.8) is 0 Å². The van der Waals surface area contributed by atoms with Crippen LogP contribution in [0.3, 0.4) is 0 Å². The molecule has 2 saturated heterocycles. The second-order valence-corrected chi connectivity index (χ2v) is 19.2. The summed E-state index contributed by atoms with van der Waals surface area (Å²) in [6.45, 7) is 15.1. The predicted octanol–water partition coefficient (Wildman–Crippen LogP) is 8.85. The summed E-state index contributed by atoms with van der Waals surface area (Å²) in [6.07, 6.45) is 3.26. The smallest absolute Gasteiger partial charge is 0.407 e. The fraction of sp³-hybridized carbons (Fsp3) is 0.423. The van der Waals surface area contributed by atoms with Crippen LogP contribution in [-0.4, -0.2) is 99.7 Å². The Balaban J connectivity index is 1.12. The SMILES string of the molecule is COC(=O)NC(C(=O)N1CCC[C@H]1c1ncc(-c2ccc(-c3ccc(-c4ccc(NC(=O)[C@@H]5CCCN5C(=O)[C@@H](NC(=O)OC)C(C)C)cc4)n3-c3ccc(C(C)(C)C)cc3)cc2)[nH]1)C(C)C. The molecule has 15 nitrogen and oxygen atoms in total. The number of carbonyl (C=O) groups excluding carboxylic acids is 5. The van der Waals surface area contributed by atoms with Crippen LogP contribution in [0, 0.1) is 11.8 Å². The third-order valence-electron chi connectivity index (χ3n) is 12.9. The Labute approximate surface area is 393 Å². The van der Waals surface area contributed by atoms with Gasteiger partial charge in [-0.1, -0.05) is 97.0 Å². The van der Waals surface area contributed by atoms with Gasteiger partial charge in [0.2, 0.25) is 17.7 Å². The van der Waals surface area contributed by atoms with Crippen LogP contribution in [0.15, 0.2) is 91.1 Å². The summed E-state index contributed by atoms with van der Waals surface area (Å²) >= 11 is 0. The zero-order chi connectivity index (χ0) is 48.2. The number of rotatable bonds is 13. The number of aromatic nitrogens is 3. The third-order valence-corrected chi connectivity index (χ3v) is 12.9. The number of methoxy groups -OCH3 is 2. The zero-order valence-electron chi connectivity index (χ0n) is 40.0. The molecule has 4 atom stereocenters. The Hall–Kier alpha value is -6.90. The second-order valence-electron chi connectivity index (χ2n) is 19.2. The van der Waals surface area contributed by atoms with Crippen LogP contribution in [-0.2, 0) is 29.3 Å². The van der Waals surface area contributed by atoms with Crippen LogP contribution in [0.1, 0.15) is 91.6 Å². The molecule has 0 spiro atoms. The first kappa shape index (κ1) is 48.0. The molecule has 5 aromatic rings. The Kier molecular flexibility index (Phi) is 14.6. The molecule has 67 heavy (non-hydrogen) atoms. The van der Waals surface area contributed by atoms with Gasteiger partial charge in [0.05, 0.1) is 43.5 Å². The molecule has 4 N–H and O–H groups in total. The lowest BCUT2D eigenvalue weighted by molar-refractivity contribution is -0.139. The van der Waals surface area contributed by atoms with Gasteiger partial charge in [0, 0.05) is 24.5 Å². The Morgan fingerprint density at radius 2 is 1.18 bits per heavy atom. The van der Waals surface area contributed by atoms with Gasteiger partial charge in [-0.05, 0) is 102 Å². The highest BCUT2D eigenvalue weighted by atomic mass is 16.5. The molecular weight excluding hydrogens is 849 g/mol. The number of hydrogen-bond acceptors (Lipinski definition) is 8. The van der Waals surface area contributed by atoms with Crippen molar-refractivity contribution in [2.24, 2.45) is 11.8 Å². The first-order chi connectivity index (χ1) is 32.0. The molecule has 0 radical (unpaired) electrons. The van der Waals surface area contributed by atoms with Crippen molar-refractivity contribution in [2.75, 3.05) is 32.6 Å². The van der Waals surface area contributed by atoms with Crippen LogP contribution in [0.5, 0.6) is 0 Å². The maximum absolute atomic E-state index is 13.7. The van der Waals surface area contributed by atoms with Gasteiger partial charge in [0.25, 0.3) is 0 Å². The van der Waals surface area contributed by atoms with E-state index in [0.29, 0.717) is 37.4 Å². The Morgan fingerprint density at radius 3 is 1.72 bits per heavy atom. The van der Waals surface area contributed by atoms with Gasteiger partial charge < -0.3 is 44.8 Å². The molecule has 3 aromatic carbocycles. The van der Waals surface area contributed by atoms with E-state index >= 15 is 0 Å². The molecule has 0 bridgehead atoms. The first-order valence-electron chi connectivity index (χ1n) is 23.2. The number of alkyl carbamates (subject to hydrolysis) is 2. The van der Waals surface area contributed by atoms with Crippen LogP contribution < -0.4 is 16.0 Å². The number of ether oxygens (including phenoxy) is 2. The van der Waals surface area contributed by atoms with Crippen molar-refractivity contribution in [3.8, 4) is 39.5 Å². The molecule has 2 aliphatic rings. The fourth-order valence-corrected chi connectivity index (χ4v) is 9.07. The number of anilines is 1. The predicted molar refractivity (Wildman–Crippen MR) is 258 cm³/mol. The van der Waals surface area contributed by atoms with Gasteiger partial charge in [0.15, 0.2) is 0 Å². The van der Waals surface area contributed by atoms with E-state index in [9.17, 15) is 24.0 Å². The number of aromatic amines is 1. The molecule has 2 aliphatic heterocycles. The van der Waals surface area contributed by atoms with Crippen molar-refractivity contribution in [1.82, 2.24) is 35.0 Å². The summed E-state index contributed by atoms with van der Waals surface area (Å²) in [4.78, 5) is 76.7. The van der Waals surface area contributed by atoms with E-state index in [4.69, 9.17) is 14.5 Å². The summed E-state index contributed by atoms with van der Waals surface area (Å²) in [7, 11) is 2.54. The fourth-order valence-electron chi connectivity index (χ4n) is 9.07. The van der Waals surface area contributed by atoms with Crippen molar-refractivity contribution >= 4 is 35.6 Å². The number of H-pyrrole nitrogens is 1. The van der Waals surface area contributed by atoms with E-state index in [1.807, 2.05) is 52.0 Å². The van der Waals surface area contributed by atoms with Gasteiger partial charge in [0.1, 0.15) is 23.9 Å². The molecule has 0 aliphatic carbocycles. The van der Waals surface area contributed by atoms with Crippen molar-refractivity contribution < 1.29 is 33.4 Å². The molecule has 2 aromatic heterocycles. The van der Waals surface area contributed by atoms with Crippen molar-refractivity contribution in [2.45, 2.75) is 104 Å². The molecule has 0 saturated carbocycles. The molecule has 4 heterocycles. The van der Waals surface area contributed by atoms with E-state index in [1.54, 1.807) is 16.0 Å². The van der Waals surface area contributed by atoms with Crippen LogP contribution in [0.25, 0.3) is 39.5 Å². The highest BCUT2D eigenvalue weighted by Gasteiger charge is 2.40. The number of nitrogens with zero attached hydrogens (tertiary/aromatic N) is 4. The monoisotopic (exact) mass is 912 g/mol. The molecule has 1 unspecified atom stereocenters.